The number of halogens is 1. The minimum Gasteiger partial charge on any atom is -0.306 e. The summed E-state index contributed by atoms with van der Waals surface area (Å²) in [6, 6.07) is 0. The van der Waals surface area contributed by atoms with E-state index in [1.54, 1.807) is 0 Å². The van der Waals surface area contributed by atoms with Gasteiger partial charge in [0, 0.05) is 5.92 Å². The average molecular weight is 208 g/mol. The van der Waals surface area contributed by atoms with Crippen molar-refractivity contribution in [3.63, 3.8) is 0 Å². The van der Waals surface area contributed by atoms with Gasteiger partial charge in [-0.3, -0.25) is 0 Å². The van der Waals surface area contributed by atoms with Crippen LogP contribution in [0.1, 0.15) is 12.8 Å². The molecule has 1 aliphatic rings. The van der Waals surface area contributed by atoms with E-state index in [0.717, 1.165) is 32.2 Å². The lowest BCUT2D eigenvalue weighted by molar-refractivity contribution is -0.112. The summed E-state index contributed by atoms with van der Waals surface area (Å²) in [4.78, 5) is 12.5. The second-order valence-corrected chi connectivity index (χ2v) is 2.78. The number of hydrogen-bond donors (Lipinski definition) is 0. The lowest BCUT2D eigenvalue weighted by Crippen LogP contribution is -2.30. The predicted molar refractivity (Wildman–Crippen MR) is 46.6 cm³/mol. The third kappa shape index (κ3) is 2.80. The maximum absolute atomic E-state index is 10.2. The van der Waals surface area contributed by atoms with E-state index in [4.69, 9.17) is 0 Å². The average Bonchev–Trinajstić information content (AvgIpc) is 1.90. The van der Waals surface area contributed by atoms with Gasteiger partial charge in [-0.05, 0) is 33.0 Å². The molecule has 0 aromatic rings. The molecule has 0 spiro atoms. The van der Waals surface area contributed by atoms with E-state index in [1.165, 1.54) is 0 Å². The minimum atomic E-state index is 0. The second kappa shape index (κ2) is 4.85. The van der Waals surface area contributed by atoms with Gasteiger partial charge in [0.25, 0.3) is 0 Å². The van der Waals surface area contributed by atoms with Gasteiger partial charge in [-0.15, -0.1) is 17.0 Å². The van der Waals surface area contributed by atoms with Crippen LogP contribution in [0, 0.1) is 5.92 Å². The largest absolute Gasteiger partial charge is 0.306 e. The van der Waals surface area contributed by atoms with Gasteiger partial charge < -0.3 is 9.69 Å². The van der Waals surface area contributed by atoms with Crippen molar-refractivity contribution in [3.05, 3.63) is 0 Å². The Hall–Kier alpha value is 0.110. The maximum Gasteiger partial charge on any atom is 0.123 e. The van der Waals surface area contributed by atoms with Crippen LogP contribution in [0.2, 0.25) is 0 Å². The Bertz CT molecular complexity index is 99.8. The predicted octanol–water partition coefficient (Wildman–Crippen LogP) is 1.10. The van der Waals surface area contributed by atoms with Crippen molar-refractivity contribution in [1.29, 1.82) is 0 Å². The van der Waals surface area contributed by atoms with Gasteiger partial charge in [-0.25, -0.2) is 0 Å². The summed E-state index contributed by atoms with van der Waals surface area (Å²) in [6.07, 6.45) is 3.20. The number of carbonyl (C=O) groups excluding carboxylic acids is 1. The molecule has 0 bridgehead atoms. The molecule has 0 N–H and O–H groups in total. The zero-order valence-corrected chi connectivity index (χ0v) is 7.96. The van der Waals surface area contributed by atoms with Crippen molar-refractivity contribution >= 4 is 23.3 Å². The summed E-state index contributed by atoms with van der Waals surface area (Å²) in [5.41, 5.74) is 0. The Kier molecular flexibility index (Phi) is 4.91. The van der Waals surface area contributed by atoms with Crippen molar-refractivity contribution in [1.82, 2.24) is 4.90 Å². The first-order valence-corrected chi connectivity index (χ1v) is 3.47. The minimum absolute atomic E-state index is 0. The highest BCUT2D eigenvalue weighted by molar-refractivity contribution is 8.93. The molecule has 0 aliphatic carbocycles. The Labute approximate surface area is 72.4 Å². The molecule has 0 radical (unpaired) electrons. The zero-order valence-electron chi connectivity index (χ0n) is 6.25. The summed E-state index contributed by atoms with van der Waals surface area (Å²) in [5, 5.41) is 0. The molecule has 0 aromatic carbocycles. The first kappa shape index (κ1) is 10.1. The summed E-state index contributed by atoms with van der Waals surface area (Å²) >= 11 is 0. The van der Waals surface area contributed by atoms with Crippen LogP contribution in [0.15, 0.2) is 0 Å². The van der Waals surface area contributed by atoms with E-state index in [2.05, 4.69) is 11.9 Å². The van der Waals surface area contributed by atoms with Crippen molar-refractivity contribution in [2.24, 2.45) is 5.92 Å². The Balaban J connectivity index is 0.000000810. The van der Waals surface area contributed by atoms with E-state index in [9.17, 15) is 4.79 Å². The molecule has 2 nitrogen and oxygen atoms in total. The van der Waals surface area contributed by atoms with Gasteiger partial charge in [-0.2, -0.15) is 0 Å². The molecule has 0 atom stereocenters. The molecular weight excluding hydrogens is 194 g/mol. The number of hydrogen-bond acceptors (Lipinski definition) is 2. The van der Waals surface area contributed by atoms with E-state index in [-0.39, 0.29) is 17.0 Å². The van der Waals surface area contributed by atoms with Crippen LogP contribution in [0.4, 0.5) is 0 Å². The van der Waals surface area contributed by atoms with Crippen LogP contribution in [0.5, 0.6) is 0 Å². The molecule has 1 rings (SSSR count). The summed E-state index contributed by atoms with van der Waals surface area (Å²) in [5.74, 6) is 0.348. The molecule has 1 aliphatic heterocycles. The smallest absolute Gasteiger partial charge is 0.123 e. The number of rotatable bonds is 1. The number of likely N-dealkylation sites (tertiary alicyclic amines) is 1. The highest BCUT2D eigenvalue weighted by atomic mass is 79.9. The van der Waals surface area contributed by atoms with Gasteiger partial charge in [-0.1, -0.05) is 0 Å². The van der Waals surface area contributed by atoms with Gasteiger partial charge >= 0.3 is 0 Å². The van der Waals surface area contributed by atoms with Crippen LogP contribution in [-0.2, 0) is 4.79 Å². The monoisotopic (exact) mass is 207 g/mol. The topological polar surface area (TPSA) is 20.3 Å². The number of aldehydes is 1. The molecule has 3 heteroatoms. The Morgan fingerprint density at radius 3 is 2.30 bits per heavy atom. The third-order valence-corrected chi connectivity index (χ3v) is 1.96. The molecule has 10 heavy (non-hydrogen) atoms. The molecule has 1 fully saturated rings. The fourth-order valence-electron chi connectivity index (χ4n) is 1.16. The van der Waals surface area contributed by atoms with E-state index in [0.29, 0.717) is 5.92 Å². The first-order valence-electron chi connectivity index (χ1n) is 3.47. The summed E-state index contributed by atoms with van der Waals surface area (Å²) in [7, 11) is 2.10. The molecular formula is C7H14BrNO. The van der Waals surface area contributed by atoms with Crippen LogP contribution in [0.25, 0.3) is 0 Å². The van der Waals surface area contributed by atoms with Gasteiger partial charge in [0.1, 0.15) is 6.29 Å². The normalized spacial score (nSPS) is 21.7. The summed E-state index contributed by atoms with van der Waals surface area (Å²) < 4.78 is 0. The Morgan fingerprint density at radius 2 is 1.90 bits per heavy atom. The van der Waals surface area contributed by atoms with Gasteiger partial charge in [0.05, 0.1) is 0 Å². The van der Waals surface area contributed by atoms with Crippen molar-refractivity contribution in [2.75, 3.05) is 20.1 Å². The molecule has 60 valence electrons. The van der Waals surface area contributed by atoms with Crippen molar-refractivity contribution in [3.8, 4) is 0 Å². The van der Waals surface area contributed by atoms with E-state index >= 15 is 0 Å². The molecule has 0 unspecified atom stereocenters. The lowest BCUT2D eigenvalue weighted by Gasteiger charge is -2.25. The summed E-state index contributed by atoms with van der Waals surface area (Å²) in [6.45, 7) is 2.17. The highest BCUT2D eigenvalue weighted by Gasteiger charge is 2.14. The molecule has 1 saturated heterocycles. The van der Waals surface area contributed by atoms with Crippen LogP contribution in [-0.4, -0.2) is 31.3 Å². The molecule has 0 amide bonds. The Morgan fingerprint density at radius 1 is 1.40 bits per heavy atom. The third-order valence-electron chi connectivity index (χ3n) is 1.96. The molecule has 0 aromatic heterocycles. The van der Waals surface area contributed by atoms with Gasteiger partial charge in [0.15, 0.2) is 0 Å². The molecule has 0 saturated carbocycles. The maximum atomic E-state index is 10.2. The van der Waals surface area contributed by atoms with Crippen LogP contribution in [0.3, 0.4) is 0 Å². The van der Waals surface area contributed by atoms with Crippen LogP contribution >= 0.6 is 17.0 Å². The second-order valence-electron chi connectivity index (χ2n) is 2.78. The molecule has 1 heterocycles. The lowest BCUT2D eigenvalue weighted by atomic mass is 9.99. The van der Waals surface area contributed by atoms with Crippen LogP contribution < -0.4 is 0 Å². The highest BCUT2D eigenvalue weighted by Crippen LogP contribution is 2.12. The number of piperidine rings is 1. The van der Waals surface area contributed by atoms with E-state index in [1.807, 2.05) is 0 Å². The van der Waals surface area contributed by atoms with Crippen molar-refractivity contribution < 1.29 is 4.79 Å². The van der Waals surface area contributed by atoms with Gasteiger partial charge in [0.2, 0.25) is 0 Å². The van der Waals surface area contributed by atoms with E-state index < -0.39 is 0 Å². The standard InChI is InChI=1S/C7H13NO.BrH/c1-8-4-2-7(6-9)3-5-8;/h6-7H,2-5H2,1H3;1H. The first-order chi connectivity index (χ1) is 4.33. The zero-order chi connectivity index (χ0) is 6.69. The quantitative estimate of drug-likeness (QED) is 0.601. The number of carbonyl (C=O) groups is 1. The fraction of sp³-hybridized carbons (Fsp3) is 0.857. The SMILES string of the molecule is Br.CN1CCC(C=O)CC1. The number of nitrogens with zero attached hydrogens (tertiary/aromatic N) is 1. The fourth-order valence-corrected chi connectivity index (χ4v) is 1.16. The van der Waals surface area contributed by atoms with Crippen molar-refractivity contribution in [2.45, 2.75) is 12.8 Å².